The van der Waals surface area contributed by atoms with Gasteiger partial charge in [-0.1, -0.05) is 18.2 Å². The van der Waals surface area contributed by atoms with E-state index >= 15 is 0 Å². The molecule has 1 aliphatic rings. The maximum Gasteiger partial charge on any atom is 0.195 e. The van der Waals surface area contributed by atoms with E-state index in [1.807, 2.05) is 37.4 Å². The molecular formula is C20H21N3O2. The molecule has 0 amide bonds. The molecule has 0 spiro atoms. The van der Waals surface area contributed by atoms with Crippen LogP contribution in [-0.4, -0.2) is 28.0 Å². The minimum absolute atomic E-state index is 0.666. The molecule has 0 radical (unpaired) electrons. The lowest BCUT2D eigenvalue weighted by molar-refractivity contribution is 0.237. The minimum Gasteiger partial charge on any atom is -0.494 e. The normalized spacial score (nSPS) is 14.3. The van der Waals surface area contributed by atoms with Gasteiger partial charge in [-0.25, -0.2) is 9.97 Å². The fraction of sp³-hybridized carbons (Fsp3) is 0.300. The van der Waals surface area contributed by atoms with Crippen molar-refractivity contribution >= 4 is 0 Å². The molecule has 4 rings (SSSR count). The van der Waals surface area contributed by atoms with Gasteiger partial charge in [-0.15, -0.1) is 0 Å². The number of aromatic nitrogens is 2. The van der Waals surface area contributed by atoms with Crippen molar-refractivity contribution in [3.05, 3.63) is 65.7 Å². The number of para-hydroxylation sites is 1. The van der Waals surface area contributed by atoms with Gasteiger partial charge in [-0.3, -0.25) is 4.90 Å². The van der Waals surface area contributed by atoms with Gasteiger partial charge in [-0.2, -0.15) is 0 Å². The number of fused-ring (bicyclic) bond motifs is 1. The number of rotatable bonds is 5. The highest BCUT2D eigenvalue weighted by Crippen LogP contribution is 2.25. The lowest BCUT2D eigenvalue weighted by atomic mass is 10.1. The molecule has 0 fully saturated rings. The van der Waals surface area contributed by atoms with Crippen molar-refractivity contribution in [1.29, 1.82) is 0 Å². The zero-order valence-corrected chi connectivity index (χ0v) is 14.3. The lowest BCUT2D eigenvalue weighted by Crippen LogP contribution is -2.31. The highest BCUT2D eigenvalue weighted by molar-refractivity contribution is 5.47. The van der Waals surface area contributed by atoms with Crippen molar-refractivity contribution in [2.24, 2.45) is 0 Å². The second-order valence-corrected chi connectivity index (χ2v) is 6.14. The molecule has 25 heavy (non-hydrogen) atoms. The Morgan fingerprint density at radius 3 is 2.96 bits per heavy atom. The van der Waals surface area contributed by atoms with Crippen LogP contribution in [0.3, 0.4) is 0 Å². The van der Waals surface area contributed by atoms with E-state index in [2.05, 4.69) is 27.0 Å². The van der Waals surface area contributed by atoms with Crippen LogP contribution in [0.5, 0.6) is 5.75 Å². The Morgan fingerprint density at radius 1 is 1.20 bits per heavy atom. The minimum atomic E-state index is 0.666. The molecular weight excluding hydrogens is 314 g/mol. The van der Waals surface area contributed by atoms with Crippen molar-refractivity contribution in [2.75, 3.05) is 13.2 Å². The van der Waals surface area contributed by atoms with E-state index in [0.717, 1.165) is 43.3 Å². The van der Waals surface area contributed by atoms with Crippen molar-refractivity contribution in [2.45, 2.75) is 26.4 Å². The van der Waals surface area contributed by atoms with Crippen LogP contribution in [0.15, 0.2) is 53.3 Å². The Morgan fingerprint density at radius 2 is 2.12 bits per heavy atom. The maximum atomic E-state index is 5.74. The first-order valence-corrected chi connectivity index (χ1v) is 8.65. The van der Waals surface area contributed by atoms with Crippen LogP contribution in [0.2, 0.25) is 0 Å². The molecule has 5 heteroatoms. The summed E-state index contributed by atoms with van der Waals surface area (Å²) in [5.74, 6) is 2.36. The summed E-state index contributed by atoms with van der Waals surface area (Å²) in [5.41, 5.74) is 3.53. The first-order chi connectivity index (χ1) is 12.3. The Kier molecular flexibility index (Phi) is 4.48. The highest BCUT2D eigenvalue weighted by Gasteiger charge is 2.20. The van der Waals surface area contributed by atoms with Gasteiger partial charge in [-0.05, 0) is 25.1 Å². The van der Waals surface area contributed by atoms with E-state index in [4.69, 9.17) is 9.15 Å². The molecule has 2 aromatic heterocycles. The van der Waals surface area contributed by atoms with Crippen LogP contribution in [0.1, 0.15) is 23.7 Å². The van der Waals surface area contributed by atoms with Crippen molar-refractivity contribution in [1.82, 2.24) is 14.9 Å². The van der Waals surface area contributed by atoms with Gasteiger partial charge in [0, 0.05) is 43.4 Å². The molecule has 1 aromatic carbocycles. The van der Waals surface area contributed by atoms with Gasteiger partial charge >= 0.3 is 0 Å². The third-order valence-electron chi connectivity index (χ3n) is 4.42. The summed E-state index contributed by atoms with van der Waals surface area (Å²) < 4.78 is 11.1. The van der Waals surface area contributed by atoms with E-state index in [-0.39, 0.29) is 0 Å². The molecule has 3 heterocycles. The maximum absolute atomic E-state index is 5.74. The topological polar surface area (TPSA) is 51.4 Å². The van der Waals surface area contributed by atoms with E-state index in [9.17, 15) is 0 Å². The smallest absolute Gasteiger partial charge is 0.195 e. The lowest BCUT2D eigenvalue weighted by Gasteiger charge is -2.28. The number of benzene rings is 1. The molecule has 1 aliphatic heterocycles. The summed E-state index contributed by atoms with van der Waals surface area (Å²) in [7, 11) is 0. The first-order valence-electron chi connectivity index (χ1n) is 8.65. The van der Waals surface area contributed by atoms with Crippen LogP contribution in [0, 0.1) is 0 Å². The number of ether oxygens (including phenoxy) is 1. The molecule has 0 saturated carbocycles. The van der Waals surface area contributed by atoms with Gasteiger partial charge in [0.05, 0.1) is 18.6 Å². The largest absolute Gasteiger partial charge is 0.494 e. The molecule has 0 saturated heterocycles. The Labute approximate surface area is 147 Å². The highest BCUT2D eigenvalue weighted by atomic mass is 16.5. The molecule has 0 aliphatic carbocycles. The molecule has 3 aromatic rings. The first kappa shape index (κ1) is 15.8. The van der Waals surface area contributed by atoms with Crippen LogP contribution in [0.25, 0.3) is 11.6 Å². The summed E-state index contributed by atoms with van der Waals surface area (Å²) in [4.78, 5) is 11.6. The zero-order valence-electron chi connectivity index (χ0n) is 14.3. The van der Waals surface area contributed by atoms with Crippen molar-refractivity contribution < 1.29 is 9.15 Å². The third-order valence-corrected chi connectivity index (χ3v) is 4.42. The summed E-state index contributed by atoms with van der Waals surface area (Å²) in [5, 5.41) is 0. The van der Waals surface area contributed by atoms with Crippen LogP contribution in [-0.2, 0) is 19.5 Å². The summed E-state index contributed by atoms with van der Waals surface area (Å²) in [6, 6.07) is 12.0. The SMILES string of the molecule is CCOc1ccccc1CN1CCc2nc(-c3ccco3)ncc2C1. The second kappa shape index (κ2) is 7.07. The van der Waals surface area contributed by atoms with Gasteiger partial charge in [0.2, 0.25) is 0 Å². The van der Waals surface area contributed by atoms with Crippen LogP contribution < -0.4 is 4.74 Å². The second-order valence-electron chi connectivity index (χ2n) is 6.14. The van der Waals surface area contributed by atoms with E-state index < -0.39 is 0 Å². The van der Waals surface area contributed by atoms with E-state index in [0.29, 0.717) is 12.4 Å². The number of hydrogen-bond acceptors (Lipinski definition) is 5. The van der Waals surface area contributed by atoms with Crippen molar-refractivity contribution in [3.63, 3.8) is 0 Å². The third kappa shape index (κ3) is 3.42. The van der Waals surface area contributed by atoms with Gasteiger partial charge in [0.15, 0.2) is 11.6 Å². The zero-order chi connectivity index (χ0) is 17.1. The molecule has 0 atom stereocenters. The average Bonchev–Trinajstić information content (AvgIpc) is 3.18. The summed E-state index contributed by atoms with van der Waals surface area (Å²) >= 11 is 0. The Bertz CT molecular complexity index is 846. The summed E-state index contributed by atoms with van der Waals surface area (Å²) in [6.45, 7) is 5.40. The van der Waals surface area contributed by atoms with Crippen LogP contribution in [0.4, 0.5) is 0 Å². The van der Waals surface area contributed by atoms with E-state index in [1.54, 1.807) is 6.26 Å². The fourth-order valence-corrected chi connectivity index (χ4v) is 3.21. The van der Waals surface area contributed by atoms with Gasteiger partial charge in [0.1, 0.15) is 5.75 Å². The number of nitrogens with zero attached hydrogens (tertiary/aromatic N) is 3. The van der Waals surface area contributed by atoms with Gasteiger partial charge < -0.3 is 9.15 Å². The predicted octanol–water partition coefficient (Wildman–Crippen LogP) is 3.69. The monoisotopic (exact) mass is 335 g/mol. The number of furan rings is 1. The Balaban J connectivity index is 1.50. The predicted molar refractivity (Wildman–Crippen MR) is 95.2 cm³/mol. The fourth-order valence-electron chi connectivity index (χ4n) is 3.21. The molecule has 5 nitrogen and oxygen atoms in total. The average molecular weight is 335 g/mol. The Hall–Kier alpha value is -2.66. The molecule has 0 unspecified atom stereocenters. The van der Waals surface area contributed by atoms with E-state index in [1.165, 1.54) is 11.1 Å². The standard InChI is InChI=1S/C20H21N3O2/c1-2-24-18-7-4-3-6-15(18)13-23-10-9-17-16(14-23)12-21-20(22-17)19-8-5-11-25-19/h3-8,11-12H,2,9-10,13-14H2,1H3. The molecule has 128 valence electrons. The summed E-state index contributed by atoms with van der Waals surface area (Å²) in [6.07, 6.45) is 4.50. The van der Waals surface area contributed by atoms with Crippen molar-refractivity contribution in [3.8, 4) is 17.3 Å². The molecule has 0 bridgehead atoms. The quantitative estimate of drug-likeness (QED) is 0.712. The number of hydrogen-bond donors (Lipinski definition) is 0. The van der Waals surface area contributed by atoms with Crippen LogP contribution >= 0.6 is 0 Å². The van der Waals surface area contributed by atoms with Gasteiger partial charge in [0.25, 0.3) is 0 Å². The molecule has 0 N–H and O–H groups in total.